The number of hydrogen-bond donors (Lipinski definition) is 1. The molecule has 1 rings (SSSR count). The molecular formula is C8H3F6NO2. The summed E-state index contributed by atoms with van der Waals surface area (Å²) in [6.45, 7) is 0. The quantitative estimate of drug-likeness (QED) is 0.831. The average Bonchev–Trinajstić information content (AvgIpc) is 2.14. The van der Waals surface area contributed by atoms with E-state index in [0.717, 1.165) is 0 Å². The summed E-state index contributed by atoms with van der Waals surface area (Å²) in [5.41, 5.74) is -5.48. The minimum atomic E-state index is -5.24. The van der Waals surface area contributed by atoms with Gasteiger partial charge in [0, 0.05) is 6.20 Å². The van der Waals surface area contributed by atoms with Gasteiger partial charge in [-0.2, -0.15) is 13.2 Å². The molecule has 1 aromatic heterocycles. The first-order chi connectivity index (χ1) is 7.66. The molecule has 0 aliphatic heterocycles. The van der Waals surface area contributed by atoms with Crippen LogP contribution in [0.5, 0.6) is 0 Å². The van der Waals surface area contributed by atoms with Gasteiger partial charge < -0.3 is 5.11 Å². The maximum atomic E-state index is 13.1. The molecule has 3 nitrogen and oxygen atoms in total. The number of aromatic carboxylic acids is 1. The smallest absolute Gasteiger partial charge is 0.418 e. The second-order valence-electron chi connectivity index (χ2n) is 2.85. The molecule has 0 aromatic carbocycles. The van der Waals surface area contributed by atoms with Gasteiger partial charge in [0.05, 0.1) is 11.1 Å². The van der Waals surface area contributed by atoms with Gasteiger partial charge in [0.15, 0.2) is 11.5 Å². The van der Waals surface area contributed by atoms with Crippen molar-refractivity contribution in [1.82, 2.24) is 4.98 Å². The van der Waals surface area contributed by atoms with Crippen molar-refractivity contribution < 1.29 is 36.2 Å². The first kappa shape index (κ1) is 13.3. The third-order valence-electron chi connectivity index (χ3n) is 1.78. The van der Waals surface area contributed by atoms with E-state index in [1.165, 1.54) is 0 Å². The number of carbonyl (C=O) groups is 1. The Morgan fingerprint density at radius 1 is 1.35 bits per heavy atom. The Hall–Kier alpha value is -1.80. The molecule has 0 aliphatic carbocycles. The zero-order chi connectivity index (χ0) is 13.4. The number of halogens is 6. The minimum absolute atomic E-state index is 0.131. The van der Waals surface area contributed by atoms with Crippen LogP contribution in [0.15, 0.2) is 6.20 Å². The Kier molecular flexibility index (Phi) is 3.30. The number of nitrogens with zero attached hydrogens (tertiary/aromatic N) is 1. The minimum Gasteiger partial charge on any atom is -0.476 e. The van der Waals surface area contributed by atoms with E-state index in [2.05, 4.69) is 4.98 Å². The number of aromatic nitrogens is 1. The molecule has 0 bridgehead atoms. The van der Waals surface area contributed by atoms with Crippen LogP contribution in [0.2, 0.25) is 0 Å². The maximum Gasteiger partial charge on any atom is 0.418 e. The predicted molar refractivity (Wildman–Crippen MR) is 41.1 cm³/mol. The summed E-state index contributed by atoms with van der Waals surface area (Å²) in [5.74, 6) is -4.21. The van der Waals surface area contributed by atoms with Gasteiger partial charge in [-0.05, 0) is 0 Å². The van der Waals surface area contributed by atoms with Crippen molar-refractivity contribution in [3.05, 3.63) is 28.8 Å². The zero-order valence-electron chi connectivity index (χ0n) is 7.73. The van der Waals surface area contributed by atoms with Crippen LogP contribution in [-0.2, 0) is 6.18 Å². The summed E-state index contributed by atoms with van der Waals surface area (Å²) < 4.78 is 74.4. The molecule has 0 fully saturated rings. The van der Waals surface area contributed by atoms with E-state index in [1.807, 2.05) is 0 Å². The van der Waals surface area contributed by atoms with Gasteiger partial charge >= 0.3 is 12.1 Å². The van der Waals surface area contributed by atoms with Crippen LogP contribution in [-0.4, -0.2) is 16.1 Å². The fourth-order valence-electron chi connectivity index (χ4n) is 1.09. The third-order valence-corrected chi connectivity index (χ3v) is 1.78. The molecule has 0 aliphatic rings. The lowest BCUT2D eigenvalue weighted by molar-refractivity contribution is -0.140. The summed E-state index contributed by atoms with van der Waals surface area (Å²) in [5, 5.41) is 8.34. The number of rotatable bonds is 2. The number of hydrogen-bond acceptors (Lipinski definition) is 2. The molecule has 0 radical (unpaired) electrons. The van der Waals surface area contributed by atoms with E-state index in [0.29, 0.717) is 0 Å². The lowest BCUT2D eigenvalue weighted by Crippen LogP contribution is -2.16. The Labute approximate surface area is 89.7 Å². The SMILES string of the molecule is O=C(O)c1ncc(C(F)(F)F)c(C(F)F)c1F. The molecule has 9 heteroatoms. The molecule has 0 amide bonds. The zero-order valence-corrected chi connectivity index (χ0v) is 7.73. The highest BCUT2D eigenvalue weighted by molar-refractivity contribution is 5.86. The van der Waals surface area contributed by atoms with Crippen molar-refractivity contribution in [3.8, 4) is 0 Å². The molecule has 1 aromatic rings. The molecule has 0 saturated heterocycles. The monoisotopic (exact) mass is 259 g/mol. The fourth-order valence-corrected chi connectivity index (χ4v) is 1.09. The Balaban J connectivity index is 3.57. The van der Waals surface area contributed by atoms with Gasteiger partial charge in [0.1, 0.15) is 0 Å². The Bertz CT molecular complexity index is 456. The van der Waals surface area contributed by atoms with E-state index in [4.69, 9.17) is 5.11 Å². The van der Waals surface area contributed by atoms with Crippen LogP contribution in [0, 0.1) is 5.82 Å². The summed E-state index contributed by atoms with van der Waals surface area (Å²) in [6, 6.07) is 0. The van der Waals surface area contributed by atoms with Crippen molar-refractivity contribution >= 4 is 5.97 Å². The van der Waals surface area contributed by atoms with Crippen molar-refractivity contribution in [2.45, 2.75) is 12.6 Å². The normalized spacial score (nSPS) is 11.9. The largest absolute Gasteiger partial charge is 0.476 e. The molecule has 0 spiro atoms. The molecule has 1 heterocycles. The summed E-state index contributed by atoms with van der Waals surface area (Å²) >= 11 is 0. The average molecular weight is 259 g/mol. The molecule has 94 valence electrons. The van der Waals surface area contributed by atoms with Gasteiger partial charge in [0.2, 0.25) is 0 Å². The first-order valence-corrected chi connectivity index (χ1v) is 3.93. The van der Waals surface area contributed by atoms with Crippen LogP contribution in [0.25, 0.3) is 0 Å². The van der Waals surface area contributed by atoms with E-state index in [9.17, 15) is 31.1 Å². The van der Waals surface area contributed by atoms with E-state index >= 15 is 0 Å². The summed E-state index contributed by atoms with van der Waals surface area (Å²) in [4.78, 5) is 13.0. The van der Waals surface area contributed by atoms with Crippen molar-refractivity contribution in [1.29, 1.82) is 0 Å². The van der Waals surface area contributed by atoms with Crippen LogP contribution in [0.3, 0.4) is 0 Å². The molecular weight excluding hydrogens is 256 g/mol. The van der Waals surface area contributed by atoms with Gasteiger partial charge in [-0.1, -0.05) is 0 Å². The third kappa shape index (κ3) is 2.48. The summed E-state index contributed by atoms with van der Waals surface area (Å²) in [7, 11) is 0. The second kappa shape index (κ2) is 4.22. The highest BCUT2D eigenvalue weighted by atomic mass is 19.4. The number of pyridine rings is 1. The van der Waals surface area contributed by atoms with Crippen molar-refractivity contribution in [2.24, 2.45) is 0 Å². The van der Waals surface area contributed by atoms with Crippen LogP contribution in [0.4, 0.5) is 26.3 Å². The number of carboxylic acids is 1. The molecule has 0 atom stereocenters. The maximum absolute atomic E-state index is 13.1. The molecule has 0 unspecified atom stereocenters. The standard InChI is InChI=1S/C8H3F6NO2/c9-4-3(6(10)11)2(8(12,13)14)1-15-5(4)7(16)17/h1,6H,(H,16,17). The van der Waals surface area contributed by atoms with Gasteiger partial charge in [-0.25, -0.2) is 22.9 Å². The highest BCUT2D eigenvalue weighted by Crippen LogP contribution is 2.37. The van der Waals surface area contributed by atoms with Crippen LogP contribution >= 0.6 is 0 Å². The van der Waals surface area contributed by atoms with Crippen LogP contribution < -0.4 is 0 Å². The first-order valence-electron chi connectivity index (χ1n) is 3.93. The van der Waals surface area contributed by atoms with E-state index < -0.39 is 41.2 Å². The molecule has 0 saturated carbocycles. The van der Waals surface area contributed by atoms with E-state index in [1.54, 1.807) is 0 Å². The second-order valence-corrected chi connectivity index (χ2v) is 2.85. The Morgan fingerprint density at radius 2 is 1.88 bits per heavy atom. The molecule has 1 N–H and O–H groups in total. The molecule has 17 heavy (non-hydrogen) atoms. The Morgan fingerprint density at radius 3 is 2.24 bits per heavy atom. The van der Waals surface area contributed by atoms with E-state index in [-0.39, 0.29) is 6.20 Å². The van der Waals surface area contributed by atoms with Gasteiger partial charge in [-0.15, -0.1) is 0 Å². The predicted octanol–water partition coefficient (Wildman–Crippen LogP) is 2.88. The van der Waals surface area contributed by atoms with Crippen molar-refractivity contribution in [2.75, 3.05) is 0 Å². The highest BCUT2D eigenvalue weighted by Gasteiger charge is 2.39. The number of carboxylic acid groups (broad SMARTS) is 1. The number of alkyl halides is 5. The van der Waals surface area contributed by atoms with Crippen molar-refractivity contribution in [3.63, 3.8) is 0 Å². The lowest BCUT2D eigenvalue weighted by Gasteiger charge is -2.13. The summed E-state index contributed by atoms with van der Waals surface area (Å²) in [6.07, 6.45) is -9.17. The van der Waals surface area contributed by atoms with Crippen LogP contribution in [0.1, 0.15) is 28.0 Å². The lowest BCUT2D eigenvalue weighted by atomic mass is 10.1. The topological polar surface area (TPSA) is 50.2 Å². The van der Waals surface area contributed by atoms with Gasteiger partial charge in [0.25, 0.3) is 6.43 Å². The fraction of sp³-hybridized carbons (Fsp3) is 0.250. The van der Waals surface area contributed by atoms with Gasteiger partial charge in [-0.3, -0.25) is 0 Å².